The van der Waals surface area contributed by atoms with E-state index in [9.17, 15) is 4.79 Å². The fourth-order valence-corrected chi connectivity index (χ4v) is 2.10. The monoisotopic (exact) mass is 301 g/mol. The molecule has 0 aliphatic heterocycles. The van der Waals surface area contributed by atoms with Gasteiger partial charge in [0.05, 0.1) is 10.0 Å². The molecule has 102 valence electrons. The van der Waals surface area contributed by atoms with Crippen LogP contribution in [0, 0.1) is 0 Å². The van der Waals surface area contributed by atoms with Gasteiger partial charge in [0.15, 0.2) is 0 Å². The lowest BCUT2D eigenvalue weighted by Gasteiger charge is -2.29. The molecule has 0 spiro atoms. The minimum Gasteiger partial charge on any atom is -0.368 e. The van der Waals surface area contributed by atoms with Gasteiger partial charge in [-0.05, 0) is 18.5 Å². The Morgan fingerprint density at radius 3 is 2.84 bits per heavy atom. The summed E-state index contributed by atoms with van der Waals surface area (Å²) in [5.74, 6) is -0.599. The second-order valence-corrected chi connectivity index (χ2v) is 4.76. The molecule has 0 saturated carbocycles. The van der Waals surface area contributed by atoms with Crippen LogP contribution < -0.4 is 11.1 Å². The molecule has 0 radical (unpaired) electrons. The van der Waals surface area contributed by atoms with Crippen molar-refractivity contribution < 1.29 is 4.79 Å². The third kappa shape index (κ3) is 3.52. The summed E-state index contributed by atoms with van der Waals surface area (Å²) in [6, 6.07) is 4.97. The van der Waals surface area contributed by atoms with Crippen molar-refractivity contribution in [2.75, 3.05) is 13.1 Å². The quantitative estimate of drug-likeness (QED) is 0.365. The second kappa shape index (κ2) is 6.63. The molecule has 1 rings (SSSR count). The van der Waals surface area contributed by atoms with Crippen LogP contribution in [0.1, 0.15) is 12.5 Å². The number of primary amides is 1. The van der Waals surface area contributed by atoms with Gasteiger partial charge in [0, 0.05) is 23.6 Å². The summed E-state index contributed by atoms with van der Waals surface area (Å²) >= 11 is 12.0. The number of benzene rings is 1. The first-order valence-electron chi connectivity index (χ1n) is 5.43. The van der Waals surface area contributed by atoms with Crippen molar-refractivity contribution in [3.63, 3.8) is 0 Å². The zero-order valence-electron chi connectivity index (χ0n) is 10.2. The fraction of sp³-hybridized carbons (Fsp3) is 0.364. The minimum absolute atomic E-state index is 0.192. The summed E-state index contributed by atoms with van der Waals surface area (Å²) in [5.41, 5.74) is 12.9. The average Bonchev–Trinajstić information content (AvgIpc) is 2.37. The zero-order chi connectivity index (χ0) is 14.5. The van der Waals surface area contributed by atoms with Crippen LogP contribution in [0.15, 0.2) is 23.3 Å². The number of hydrogen-bond donors (Lipinski definition) is 2. The van der Waals surface area contributed by atoms with Crippen molar-refractivity contribution in [1.29, 1.82) is 0 Å². The highest BCUT2D eigenvalue weighted by Gasteiger charge is 2.34. The Morgan fingerprint density at radius 1 is 1.58 bits per heavy atom. The maximum Gasteiger partial charge on any atom is 0.242 e. The lowest BCUT2D eigenvalue weighted by Crippen LogP contribution is -2.51. The highest BCUT2D eigenvalue weighted by atomic mass is 35.5. The summed E-state index contributed by atoms with van der Waals surface area (Å²) in [4.78, 5) is 14.3. The number of amides is 1. The van der Waals surface area contributed by atoms with Gasteiger partial charge in [0.25, 0.3) is 0 Å². The van der Waals surface area contributed by atoms with E-state index in [2.05, 4.69) is 15.3 Å². The molecule has 0 aromatic heterocycles. The fourth-order valence-electron chi connectivity index (χ4n) is 1.61. The van der Waals surface area contributed by atoms with E-state index in [0.29, 0.717) is 10.6 Å². The number of rotatable bonds is 6. The minimum atomic E-state index is -1.19. The molecule has 0 bridgehead atoms. The summed E-state index contributed by atoms with van der Waals surface area (Å²) < 4.78 is 0. The van der Waals surface area contributed by atoms with Gasteiger partial charge in [0.1, 0.15) is 5.54 Å². The molecule has 1 aromatic rings. The highest BCUT2D eigenvalue weighted by molar-refractivity contribution is 6.42. The van der Waals surface area contributed by atoms with E-state index in [1.807, 2.05) is 0 Å². The molecule has 0 aliphatic rings. The predicted octanol–water partition coefficient (Wildman–Crippen LogP) is 2.59. The van der Waals surface area contributed by atoms with Crippen LogP contribution in [-0.2, 0) is 10.3 Å². The van der Waals surface area contributed by atoms with Crippen LogP contribution >= 0.6 is 23.2 Å². The molecular weight excluding hydrogens is 289 g/mol. The van der Waals surface area contributed by atoms with Crippen molar-refractivity contribution >= 4 is 29.1 Å². The second-order valence-electron chi connectivity index (χ2n) is 3.97. The zero-order valence-corrected chi connectivity index (χ0v) is 11.7. The van der Waals surface area contributed by atoms with Crippen molar-refractivity contribution in [3.05, 3.63) is 44.3 Å². The van der Waals surface area contributed by atoms with E-state index in [1.165, 1.54) is 0 Å². The van der Waals surface area contributed by atoms with Crippen LogP contribution in [0.4, 0.5) is 0 Å². The molecule has 0 fully saturated rings. The van der Waals surface area contributed by atoms with Crippen molar-refractivity contribution in [2.45, 2.75) is 12.5 Å². The molecule has 0 heterocycles. The third-order valence-electron chi connectivity index (χ3n) is 2.74. The third-order valence-corrected chi connectivity index (χ3v) is 3.56. The molecule has 0 aliphatic carbocycles. The van der Waals surface area contributed by atoms with E-state index in [0.717, 1.165) is 0 Å². The normalized spacial score (nSPS) is 13.4. The van der Waals surface area contributed by atoms with Crippen LogP contribution in [0.3, 0.4) is 0 Å². The summed E-state index contributed by atoms with van der Waals surface area (Å²) in [7, 11) is 0. The molecule has 3 N–H and O–H groups in total. The number of nitrogens with zero attached hydrogens (tertiary/aromatic N) is 3. The van der Waals surface area contributed by atoms with Gasteiger partial charge in [-0.3, -0.25) is 10.1 Å². The van der Waals surface area contributed by atoms with Gasteiger partial charge in [-0.1, -0.05) is 40.4 Å². The van der Waals surface area contributed by atoms with E-state index >= 15 is 0 Å². The molecular formula is C11H13Cl2N5O. The Balaban J connectivity index is 3.08. The van der Waals surface area contributed by atoms with E-state index < -0.39 is 11.4 Å². The van der Waals surface area contributed by atoms with Crippen LogP contribution in [0.5, 0.6) is 0 Å². The first-order chi connectivity index (χ1) is 8.93. The van der Waals surface area contributed by atoms with E-state index in [-0.39, 0.29) is 18.1 Å². The highest BCUT2D eigenvalue weighted by Crippen LogP contribution is 2.33. The molecule has 0 saturated heterocycles. The topological polar surface area (TPSA) is 104 Å². The number of carbonyl (C=O) groups is 1. The first-order valence-corrected chi connectivity index (χ1v) is 6.19. The van der Waals surface area contributed by atoms with Gasteiger partial charge in [0.2, 0.25) is 5.91 Å². The maximum absolute atomic E-state index is 11.7. The molecule has 1 amide bonds. The maximum atomic E-state index is 11.7. The van der Waals surface area contributed by atoms with Gasteiger partial charge in [-0.25, -0.2) is 0 Å². The Bertz CT molecular complexity index is 530. The van der Waals surface area contributed by atoms with E-state index in [4.69, 9.17) is 34.5 Å². The standard InChI is InChI=1S/C11H13Cl2N5O/c1-11(10(14)19,16-5-6-17-18-15)7-3-2-4-8(12)9(7)13/h2-4,16H,5-6H2,1H3,(H2,14,19). The summed E-state index contributed by atoms with van der Waals surface area (Å²) in [5, 5.41) is 6.91. The number of carbonyl (C=O) groups excluding carboxylic acids is 1. The van der Waals surface area contributed by atoms with Crippen LogP contribution in [0.2, 0.25) is 10.0 Å². The molecule has 1 unspecified atom stereocenters. The van der Waals surface area contributed by atoms with Gasteiger partial charge < -0.3 is 5.73 Å². The van der Waals surface area contributed by atoms with Crippen molar-refractivity contribution in [1.82, 2.24) is 5.32 Å². The lowest BCUT2D eigenvalue weighted by molar-refractivity contribution is -0.124. The number of nitrogens with two attached hydrogens (primary N) is 1. The average molecular weight is 302 g/mol. The van der Waals surface area contributed by atoms with Crippen molar-refractivity contribution in [2.24, 2.45) is 10.8 Å². The lowest BCUT2D eigenvalue weighted by atomic mass is 9.91. The summed E-state index contributed by atoms with van der Waals surface area (Å²) in [6.07, 6.45) is 0. The van der Waals surface area contributed by atoms with Gasteiger partial charge in [-0.2, -0.15) is 0 Å². The number of hydrogen-bond acceptors (Lipinski definition) is 3. The van der Waals surface area contributed by atoms with Gasteiger partial charge >= 0.3 is 0 Å². The first kappa shape index (κ1) is 15.6. The molecule has 1 aromatic carbocycles. The molecule has 6 nitrogen and oxygen atoms in total. The number of azide groups is 1. The van der Waals surface area contributed by atoms with E-state index in [1.54, 1.807) is 25.1 Å². The van der Waals surface area contributed by atoms with Crippen molar-refractivity contribution in [3.8, 4) is 0 Å². The van der Waals surface area contributed by atoms with Crippen LogP contribution in [-0.4, -0.2) is 19.0 Å². The predicted molar refractivity (Wildman–Crippen MR) is 75.0 cm³/mol. The Labute approximate surface area is 120 Å². The van der Waals surface area contributed by atoms with Crippen LogP contribution in [0.25, 0.3) is 10.4 Å². The number of halogens is 2. The summed E-state index contributed by atoms with van der Waals surface area (Å²) in [6.45, 7) is 2.08. The molecule has 1 atom stereocenters. The number of nitrogens with one attached hydrogen (secondary N) is 1. The smallest absolute Gasteiger partial charge is 0.242 e. The largest absolute Gasteiger partial charge is 0.368 e. The molecule has 8 heteroatoms. The SMILES string of the molecule is CC(NCCN=[N+]=[N-])(C(N)=O)c1cccc(Cl)c1Cl. The Morgan fingerprint density at radius 2 is 2.26 bits per heavy atom. The molecule has 19 heavy (non-hydrogen) atoms. The Kier molecular flexibility index (Phi) is 5.44. The Hall–Kier alpha value is -1.46. The van der Waals surface area contributed by atoms with Gasteiger partial charge in [-0.15, -0.1) is 0 Å².